The second-order valence-electron chi connectivity index (χ2n) is 5.91. The lowest BCUT2D eigenvalue weighted by Gasteiger charge is -1.85. The van der Waals surface area contributed by atoms with E-state index in [1.807, 2.05) is 48.6 Å². The summed E-state index contributed by atoms with van der Waals surface area (Å²) in [5.41, 5.74) is 7.86. The fourth-order valence-electron chi connectivity index (χ4n) is 2.94. The molecule has 8 bridgehead atoms. The van der Waals surface area contributed by atoms with Crippen LogP contribution in [-0.4, -0.2) is 19.9 Å². The van der Waals surface area contributed by atoms with Crippen molar-refractivity contribution in [3.05, 3.63) is 71.3 Å². The molecule has 0 fully saturated rings. The van der Waals surface area contributed by atoms with Crippen LogP contribution >= 0.6 is 67.9 Å². The molecule has 0 saturated carbocycles. The van der Waals surface area contributed by atoms with E-state index < -0.39 is 0 Å². The van der Waals surface area contributed by atoms with Gasteiger partial charge >= 0.3 is 0 Å². The quantitative estimate of drug-likeness (QED) is 0.194. The normalized spacial score (nSPS) is 10.9. The van der Waals surface area contributed by atoms with Crippen molar-refractivity contribution in [3.8, 4) is 0 Å². The molecule has 0 radical (unpaired) electrons. The van der Waals surface area contributed by atoms with Gasteiger partial charge in [-0.1, -0.05) is 0 Å². The van der Waals surface area contributed by atoms with Crippen LogP contribution in [0.4, 0.5) is 0 Å². The molecule has 28 heavy (non-hydrogen) atoms. The lowest BCUT2D eigenvalue weighted by atomic mass is 10.3. The molecule has 8 heteroatoms. The van der Waals surface area contributed by atoms with Crippen LogP contribution in [0.1, 0.15) is 22.8 Å². The number of aromatic amines is 2. The van der Waals surface area contributed by atoms with E-state index in [-0.39, 0.29) is 67.9 Å². The third-order valence-electron chi connectivity index (χ3n) is 4.04. The van der Waals surface area contributed by atoms with Crippen LogP contribution in [-0.2, 0) is 0 Å². The molecule has 2 aliphatic rings. The minimum absolute atomic E-state index is 0. The first-order chi connectivity index (χ1) is 11.8. The molecule has 0 unspecified atom stereocenters. The van der Waals surface area contributed by atoms with Gasteiger partial charge in [0.2, 0.25) is 0 Å². The van der Waals surface area contributed by atoms with E-state index in [2.05, 4.69) is 44.2 Å². The molecule has 2 N–H and O–H groups in total. The number of aromatic nitrogens is 4. The molecule has 3 aromatic rings. The zero-order valence-electron chi connectivity index (χ0n) is 14.5. The van der Waals surface area contributed by atoms with E-state index in [9.17, 15) is 0 Å². The van der Waals surface area contributed by atoms with Crippen LogP contribution in [0, 0.1) is 0 Å². The molecule has 0 amide bonds. The Morgan fingerprint density at radius 2 is 0.679 bits per heavy atom. The van der Waals surface area contributed by atoms with E-state index in [0.29, 0.717) is 0 Å². The summed E-state index contributed by atoms with van der Waals surface area (Å²) >= 11 is 0. The Morgan fingerprint density at radius 3 is 0.929 bits per heavy atom. The minimum Gasteiger partial charge on any atom is -0.355 e. The summed E-state index contributed by atoms with van der Waals surface area (Å²) in [6.07, 6.45) is 8.09. The molecule has 0 saturated heterocycles. The summed E-state index contributed by atoms with van der Waals surface area (Å²) in [6, 6.07) is 16.4. The molecule has 5 rings (SSSR count). The van der Waals surface area contributed by atoms with E-state index in [1.165, 1.54) is 0 Å². The Labute approximate surface area is 204 Å². The number of halogens is 4. The van der Waals surface area contributed by atoms with Gasteiger partial charge in [-0.25, -0.2) is 9.97 Å². The topological polar surface area (TPSA) is 57.4 Å². The van der Waals surface area contributed by atoms with Gasteiger partial charge < -0.3 is 9.97 Å². The Kier molecular flexibility index (Phi) is 9.07. The van der Waals surface area contributed by atoms with Gasteiger partial charge in [0.05, 0.1) is 22.8 Å². The summed E-state index contributed by atoms with van der Waals surface area (Å²) in [4.78, 5) is 16.0. The van der Waals surface area contributed by atoms with Gasteiger partial charge in [-0.15, -0.1) is 67.9 Å². The molecule has 0 aromatic carbocycles. The summed E-state index contributed by atoms with van der Waals surface area (Å²) in [5, 5.41) is 0. The number of rotatable bonds is 0. The van der Waals surface area contributed by atoms with Gasteiger partial charge in [0.25, 0.3) is 0 Å². The van der Waals surface area contributed by atoms with Crippen molar-refractivity contribution in [1.29, 1.82) is 0 Å². The maximum atomic E-state index is 4.63. The molecule has 0 aliphatic carbocycles. The first-order valence-corrected chi connectivity index (χ1v) is 7.85. The van der Waals surface area contributed by atoms with Crippen molar-refractivity contribution in [2.45, 2.75) is 0 Å². The van der Waals surface area contributed by atoms with Crippen molar-refractivity contribution in [2.75, 3.05) is 0 Å². The van der Waals surface area contributed by atoms with Crippen molar-refractivity contribution < 1.29 is 0 Å². The number of nitrogens with one attached hydrogen (secondary N) is 2. The molecule has 4 nitrogen and oxygen atoms in total. The summed E-state index contributed by atoms with van der Waals surface area (Å²) in [6.45, 7) is 0. The summed E-state index contributed by atoms with van der Waals surface area (Å²) in [5.74, 6) is 0. The van der Waals surface area contributed by atoms with Crippen LogP contribution in [0.3, 0.4) is 0 Å². The third-order valence-corrected chi connectivity index (χ3v) is 4.04. The van der Waals surface area contributed by atoms with Gasteiger partial charge in [-0.2, -0.15) is 0 Å². The average Bonchev–Trinajstić information content (AvgIpc) is 3.32. The van der Waals surface area contributed by atoms with Crippen molar-refractivity contribution in [1.82, 2.24) is 19.9 Å². The zero-order valence-corrected chi connectivity index (χ0v) is 21.3. The highest BCUT2D eigenvalue weighted by atomic mass is 79.9. The van der Waals surface area contributed by atoms with E-state index in [0.717, 1.165) is 44.8 Å². The Hall–Kier alpha value is -1.48. The third kappa shape index (κ3) is 5.31. The standard InChI is InChI=1S/C20H14N4.4BrH/c1-2-14-10-16-5-6-18(23-16)12-20-8-7-19(24-20)11-17-4-3-15(22-17)9-13(1)21-14;;;;/h1-12,21,24H;4*1H. The number of nitrogens with zero attached hydrogens (tertiary/aromatic N) is 2. The van der Waals surface area contributed by atoms with E-state index in [1.54, 1.807) is 0 Å². The van der Waals surface area contributed by atoms with E-state index >= 15 is 0 Å². The van der Waals surface area contributed by atoms with Crippen LogP contribution in [0.15, 0.2) is 48.5 Å². The second-order valence-corrected chi connectivity index (χ2v) is 5.91. The average molecular weight is 634 g/mol. The first-order valence-electron chi connectivity index (χ1n) is 7.85. The zero-order chi connectivity index (χ0) is 15.9. The predicted molar refractivity (Wildman–Crippen MR) is 140 cm³/mol. The van der Waals surface area contributed by atoms with Gasteiger partial charge in [0.15, 0.2) is 0 Å². The van der Waals surface area contributed by atoms with Crippen molar-refractivity contribution in [3.63, 3.8) is 0 Å². The monoisotopic (exact) mass is 630 g/mol. The molecule has 0 atom stereocenters. The number of H-pyrrole nitrogens is 2. The molecule has 3 aromatic heterocycles. The Balaban J connectivity index is 0.000000980. The lowest BCUT2D eigenvalue weighted by Crippen LogP contribution is -1.75. The molecule has 5 heterocycles. The molecule has 2 aliphatic heterocycles. The highest BCUT2D eigenvalue weighted by Crippen LogP contribution is 2.16. The van der Waals surface area contributed by atoms with Crippen LogP contribution in [0.2, 0.25) is 0 Å². The van der Waals surface area contributed by atoms with Gasteiger partial charge in [0, 0.05) is 22.1 Å². The highest BCUT2D eigenvalue weighted by Gasteiger charge is 2.00. The number of hydrogen-bond acceptors (Lipinski definition) is 2. The Bertz CT molecular complexity index is 1000. The first kappa shape index (κ1) is 24.6. The maximum Gasteiger partial charge on any atom is 0.0658 e. The summed E-state index contributed by atoms with van der Waals surface area (Å²) in [7, 11) is 0. The fourth-order valence-corrected chi connectivity index (χ4v) is 2.94. The minimum atomic E-state index is 0. The highest BCUT2D eigenvalue weighted by molar-refractivity contribution is 8.93. The SMILES string of the molecule is Br.Br.Br.Br.C1=Cc2cc3ccc(cc4nc(cc5ccc(cc1n2)[nH]5)C=C4)[nH]3. The molecular formula is C20H18Br4N4. The molecule has 0 spiro atoms. The van der Waals surface area contributed by atoms with Crippen molar-refractivity contribution >= 4 is 114 Å². The Morgan fingerprint density at radius 1 is 0.429 bits per heavy atom. The molecular weight excluding hydrogens is 616 g/mol. The fraction of sp³-hybridized carbons (Fsp3) is 0. The van der Waals surface area contributed by atoms with Gasteiger partial charge in [0.1, 0.15) is 0 Å². The summed E-state index contributed by atoms with van der Waals surface area (Å²) < 4.78 is 0. The maximum absolute atomic E-state index is 4.63. The lowest BCUT2D eigenvalue weighted by molar-refractivity contribution is 1.31. The van der Waals surface area contributed by atoms with Gasteiger partial charge in [-0.05, 0) is 72.8 Å². The largest absolute Gasteiger partial charge is 0.355 e. The second kappa shape index (κ2) is 10.3. The van der Waals surface area contributed by atoms with Crippen LogP contribution in [0.5, 0.6) is 0 Å². The smallest absolute Gasteiger partial charge is 0.0658 e. The van der Waals surface area contributed by atoms with Crippen molar-refractivity contribution in [2.24, 2.45) is 0 Å². The van der Waals surface area contributed by atoms with Gasteiger partial charge in [-0.3, -0.25) is 0 Å². The van der Waals surface area contributed by atoms with E-state index in [4.69, 9.17) is 0 Å². The van der Waals surface area contributed by atoms with Crippen LogP contribution in [0.25, 0.3) is 46.4 Å². The number of hydrogen-bond donors (Lipinski definition) is 2. The number of fused-ring (bicyclic) bond motifs is 8. The predicted octanol–water partition coefficient (Wildman–Crippen LogP) is 6.97. The van der Waals surface area contributed by atoms with Crippen LogP contribution < -0.4 is 0 Å². The molecule has 146 valence electrons.